The molecule has 2 heterocycles. The molecule has 6 heteroatoms. The van der Waals surface area contributed by atoms with Crippen molar-refractivity contribution in [3.05, 3.63) is 57.9 Å². The Bertz CT molecular complexity index is 1060. The zero-order valence-corrected chi connectivity index (χ0v) is 12.8. The smallest absolute Gasteiger partial charge is 0.267 e. The molecule has 0 radical (unpaired) electrons. The third-order valence-corrected chi connectivity index (χ3v) is 3.54. The SMILES string of the molecule is CCOc1nc2[nH]c(=O)c(C#N)cc2c(-c2ccccc2)c1C#N. The summed E-state index contributed by atoms with van der Waals surface area (Å²) in [4.78, 5) is 18.8. The maximum atomic E-state index is 11.9. The number of nitrogens with zero attached hydrogens (tertiary/aromatic N) is 3. The summed E-state index contributed by atoms with van der Waals surface area (Å²) in [5, 5.41) is 19.3. The van der Waals surface area contributed by atoms with E-state index < -0.39 is 5.56 Å². The Morgan fingerprint density at radius 3 is 2.58 bits per heavy atom. The molecule has 3 aromatic rings. The molecule has 0 fully saturated rings. The van der Waals surface area contributed by atoms with E-state index in [-0.39, 0.29) is 22.7 Å². The van der Waals surface area contributed by atoms with Crippen molar-refractivity contribution in [1.82, 2.24) is 9.97 Å². The first-order valence-electron chi connectivity index (χ1n) is 7.29. The van der Waals surface area contributed by atoms with Crippen LogP contribution in [0.4, 0.5) is 0 Å². The predicted octanol–water partition coefficient (Wildman–Crippen LogP) is 2.73. The van der Waals surface area contributed by atoms with Crippen molar-refractivity contribution in [2.75, 3.05) is 6.61 Å². The minimum absolute atomic E-state index is 0.0328. The highest BCUT2D eigenvalue weighted by molar-refractivity contribution is 5.97. The summed E-state index contributed by atoms with van der Waals surface area (Å²) in [5.41, 5.74) is 1.35. The van der Waals surface area contributed by atoms with Crippen molar-refractivity contribution < 1.29 is 4.74 Å². The van der Waals surface area contributed by atoms with Crippen molar-refractivity contribution in [3.8, 4) is 29.1 Å². The molecule has 0 unspecified atom stereocenters. The van der Waals surface area contributed by atoms with Crippen LogP contribution in [0.25, 0.3) is 22.2 Å². The molecule has 0 spiro atoms. The van der Waals surface area contributed by atoms with E-state index in [1.165, 1.54) is 6.07 Å². The monoisotopic (exact) mass is 316 g/mol. The summed E-state index contributed by atoms with van der Waals surface area (Å²) >= 11 is 0. The van der Waals surface area contributed by atoms with Crippen molar-refractivity contribution in [3.63, 3.8) is 0 Å². The van der Waals surface area contributed by atoms with Crippen LogP contribution in [0, 0.1) is 22.7 Å². The fourth-order valence-electron chi connectivity index (χ4n) is 2.53. The Morgan fingerprint density at radius 1 is 1.21 bits per heavy atom. The zero-order valence-electron chi connectivity index (χ0n) is 12.8. The van der Waals surface area contributed by atoms with Gasteiger partial charge in [-0.2, -0.15) is 15.5 Å². The van der Waals surface area contributed by atoms with Crippen LogP contribution in [-0.2, 0) is 0 Å². The molecular weight excluding hydrogens is 304 g/mol. The first-order chi connectivity index (χ1) is 11.7. The third-order valence-electron chi connectivity index (χ3n) is 3.54. The highest BCUT2D eigenvalue weighted by atomic mass is 16.5. The minimum atomic E-state index is -0.524. The number of aromatic amines is 1. The number of ether oxygens (including phenoxy) is 1. The Labute approximate surface area is 137 Å². The van der Waals surface area contributed by atoms with Crippen molar-refractivity contribution in [2.45, 2.75) is 6.92 Å². The van der Waals surface area contributed by atoms with Crippen LogP contribution in [0.2, 0.25) is 0 Å². The Balaban J connectivity index is 2.51. The summed E-state index contributed by atoms with van der Waals surface area (Å²) in [6.45, 7) is 2.12. The number of benzene rings is 1. The second-order valence-electron chi connectivity index (χ2n) is 4.96. The molecule has 3 rings (SSSR count). The number of pyridine rings is 2. The van der Waals surface area contributed by atoms with Crippen LogP contribution >= 0.6 is 0 Å². The number of aromatic nitrogens is 2. The van der Waals surface area contributed by atoms with Crippen LogP contribution in [-0.4, -0.2) is 16.6 Å². The molecule has 1 N–H and O–H groups in total. The maximum absolute atomic E-state index is 11.9. The molecule has 0 saturated heterocycles. The molecular formula is C18H12N4O2. The summed E-state index contributed by atoms with van der Waals surface area (Å²) in [7, 11) is 0. The lowest BCUT2D eigenvalue weighted by atomic mass is 9.97. The van der Waals surface area contributed by atoms with E-state index in [2.05, 4.69) is 16.0 Å². The largest absolute Gasteiger partial charge is 0.477 e. The number of hydrogen-bond acceptors (Lipinski definition) is 5. The van der Waals surface area contributed by atoms with Gasteiger partial charge in [-0.15, -0.1) is 0 Å². The van der Waals surface area contributed by atoms with Gasteiger partial charge in [0.1, 0.15) is 28.9 Å². The van der Waals surface area contributed by atoms with Gasteiger partial charge in [0.05, 0.1) is 6.61 Å². The number of H-pyrrole nitrogens is 1. The van der Waals surface area contributed by atoms with Crippen molar-refractivity contribution >= 4 is 11.0 Å². The van der Waals surface area contributed by atoms with E-state index in [1.54, 1.807) is 6.92 Å². The minimum Gasteiger partial charge on any atom is -0.477 e. The van der Waals surface area contributed by atoms with E-state index in [0.717, 1.165) is 5.56 Å². The van der Waals surface area contributed by atoms with Gasteiger partial charge < -0.3 is 9.72 Å². The summed E-state index contributed by atoms with van der Waals surface area (Å²) in [6.07, 6.45) is 0. The van der Waals surface area contributed by atoms with Crippen LogP contribution in [0.3, 0.4) is 0 Å². The lowest BCUT2D eigenvalue weighted by Crippen LogP contribution is -2.12. The highest BCUT2D eigenvalue weighted by Gasteiger charge is 2.19. The van der Waals surface area contributed by atoms with Crippen LogP contribution in [0.1, 0.15) is 18.1 Å². The predicted molar refractivity (Wildman–Crippen MR) is 88.4 cm³/mol. The number of fused-ring (bicyclic) bond motifs is 1. The van der Waals surface area contributed by atoms with Gasteiger partial charge in [-0.05, 0) is 18.6 Å². The van der Waals surface area contributed by atoms with E-state index in [4.69, 9.17) is 10.00 Å². The molecule has 1 aromatic carbocycles. The zero-order chi connectivity index (χ0) is 17.1. The van der Waals surface area contributed by atoms with E-state index in [1.807, 2.05) is 36.4 Å². The van der Waals surface area contributed by atoms with Crippen molar-refractivity contribution in [1.29, 1.82) is 10.5 Å². The molecule has 0 amide bonds. The van der Waals surface area contributed by atoms with Crippen molar-refractivity contribution in [2.24, 2.45) is 0 Å². The normalized spacial score (nSPS) is 10.1. The highest BCUT2D eigenvalue weighted by Crippen LogP contribution is 2.34. The maximum Gasteiger partial charge on any atom is 0.267 e. The summed E-state index contributed by atoms with van der Waals surface area (Å²) in [5.74, 6) is 0.159. The summed E-state index contributed by atoms with van der Waals surface area (Å²) in [6, 6.07) is 14.7. The molecule has 116 valence electrons. The molecule has 2 aromatic heterocycles. The van der Waals surface area contributed by atoms with E-state index in [9.17, 15) is 10.1 Å². The van der Waals surface area contributed by atoms with Gasteiger partial charge in [-0.25, -0.2) is 0 Å². The molecule has 0 bridgehead atoms. The molecule has 0 aliphatic heterocycles. The first kappa shape index (κ1) is 15.3. The summed E-state index contributed by atoms with van der Waals surface area (Å²) < 4.78 is 5.47. The van der Waals surface area contributed by atoms with E-state index in [0.29, 0.717) is 17.6 Å². The van der Waals surface area contributed by atoms with Gasteiger partial charge in [0, 0.05) is 10.9 Å². The topological polar surface area (TPSA) is 103 Å². The molecule has 0 aliphatic rings. The number of nitrogens with one attached hydrogen (secondary N) is 1. The average Bonchev–Trinajstić information content (AvgIpc) is 2.61. The molecule has 24 heavy (non-hydrogen) atoms. The second kappa shape index (κ2) is 6.23. The van der Waals surface area contributed by atoms with Crippen LogP contribution in [0.5, 0.6) is 5.88 Å². The fourth-order valence-corrected chi connectivity index (χ4v) is 2.53. The quantitative estimate of drug-likeness (QED) is 0.800. The first-order valence-corrected chi connectivity index (χ1v) is 7.29. The van der Waals surface area contributed by atoms with Gasteiger partial charge >= 0.3 is 0 Å². The van der Waals surface area contributed by atoms with Crippen LogP contribution < -0.4 is 10.3 Å². The Hall–Kier alpha value is -3.64. The number of nitriles is 2. The molecule has 0 aliphatic carbocycles. The standard InChI is InChI=1S/C18H12N4O2/c1-2-24-18-14(10-20)15(11-6-4-3-5-7-11)13-8-12(9-19)17(23)21-16(13)22-18/h3-8H,2H2,1H3,(H,21,22,23). The molecule has 0 atom stereocenters. The molecule has 6 nitrogen and oxygen atoms in total. The average molecular weight is 316 g/mol. The Morgan fingerprint density at radius 2 is 1.96 bits per heavy atom. The van der Waals surface area contributed by atoms with Gasteiger partial charge in [-0.3, -0.25) is 4.79 Å². The van der Waals surface area contributed by atoms with Gasteiger partial charge in [0.15, 0.2) is 0 Å². The fraction of sp³-hybridized carbons (Fsp3) is 0.111. The molecule has 0 saturated carbocycles. The Kier molecular flexibility index (Phi) is 3.96. The van der Waals surface area contributed by atoms with Gasteiger partial charge in [0.2, 0.25) is 5.88 Å². The number of hydrogen-bond donors (Lipinski definition) is 1. The lowest BCUT2D eigenvalue weighted by molar-refractivity contribution is 0.327. The van der Waals surface area contributed by atoms with Gasteiger partial charge in [-0.1, -0.05) is 30.3 Å². The second-order valence-corrected chi connectivity index (χ2v) is 4.96. The lowest BCUT2D eigenvalue weighted by Gasteiger charge is -2.13. The van der Waals surface area contributed by atoms with Crippen LogP contribution in [0.15, 0.2) is 41.2 Å². The van der Waals surface area contributed by atoms with Gasteiger partial charge in [0.25, 0.3) is 5.56 Å². The van der Waals surface area contributed by atoms with E-state index >= 15 is 0 Å². The third kappa shape index (κ3) is 2.47. The number of rotatable bonds is 3.